The van der Waals surface area contributed by atoms with E-state index in [1.807, 2.05) is 37.3 Å². The summed E-state index contributed by atoms with van der Waals surface area (Å²) in [4.78, 5) is 11.4. The summed E-state index contributed by atoms with van der Waals surface area (Å²) in [6, 6.07) is 9.74. The number of benzene rings is 1. The van der Waals surface area contributed by atoms with Crippen LogP contribution in [0.2, 0.25) is 0 Å². The van der Waals surface area contributed by atoms with Gasteiger partial charge in [-0.3, -0.25) is 4.79 Å². The second-order valence-electron chi connectivity index (χ2n) is 3.58. The van der Waals surface area contributed by atoms with Gasteiger partial charge in [-0.1, -0.05) is 37.3 Å². The summed E-state index contributed by atoms with van der Waals surface area (Å²) in [6.07, 6.45) is 1.10. The topological polar surface area (TPSA) is 52.3 Å². The van der Waals surface area contributed by atoms with E-state index in [0.29, 0.717) is 12.8 Å². The minimum Gasteiger partial charge on any atom is -0.368 e. The van der Waals surface area contributed by atoms with Crippen molar-refractivity contribution >= 4 is 5.91 Å². The van der Waals surface area contributed by atoms with E-state index >= 15 is 0 Å². The maximum Gasteiger partial charge on any atom is 0.249 e. The van der Waals surface area contributed by atoms with E-state index in [1.165, 1.54) is 7.11 Å². The van der Waals surface area contributed by atoms with Gasteiger partial charge >= 0.3 is 0 Å². The van der Waals surface area contributed by atoms with Crippen molar-refractivity contribution in [3.63, 3.8) is 0 Å². The third-order valence-electron chi connectivity index (χ3n) is 2.74. The number of hydrogen-bond acceptors (Lipinski definition) is 2. The lowest BCUT2D eigenvalue weighted by molar-refractivity contribution is -0.140. The van der Waals surface area contributed by atoms with Crippen LogP contribution in [0.15, 0.2) is 30.3 Å². The fraction of sp³-hybridized carbons (Fsp3) is 0.417. The van der Waals surface area contributed by atoms with E-state index in [1.54, 1.807) is 0 Å². The average molecular weight is 207 g/mol. The maximum absolute atomic E-state index is 11.4. The van der Waals surface area contributed by atoms with Crippen LogP contribution >= 0.6 is 0 Å². The molecule has 3 heteroatoms. The summed E-state index contributed by atoms with van der Waals surface area (Å²) >= 11 is 0. The summed E-state index contributed by atoms with van der Waals surface area (Å²) in [6.45, 7) is 1.90. The summed E-state index contributed by atoms with van der Waals surface area (Å²) in [5.41, 5.74) is 5.56. The van der Waals surface area contributed by atoms with Crippen LogP contribution in [-0.2, 0) is 16.0 Å². The summed E-state index contributed by atoms with van der Waals surface area (Å²) in [5, 5.41) is 0. The Bertz CT molecular complexity index is 318. The van der Waals surface area contributed by atoms with Crippen molar-refractivity contribution in [2.24, 2.45) is 5.73 Å². The Morgan fingerprint density at radius 1 is 1.40 bits per heavy atom. The lowest BCUT2D eigenvalue weighted by atomic mass is 9.91. The SMILES string of the molecule is CCC(Cc1ccccc1)(OC)C(N)=O. The molecule has 0 aromatic heterocycles. The van der Waals surface area contributed by atoms with Crippen LogP contribution in [0.3, 0.4) is 0 Å². The third-order valence-corrected chi connectivity index (χ3v) is 2.74. The highest BCUT2D eigenvalue weighted by atomic mass is 16.5. The van der Waals surface area contributed by atoms with E-state index in [2.05, 4.69) is 0 Å². The van der Waals surface area contributed by atoms with Crippen LogP contribution in [0.5, 0.6) is 0 Å². The molecule has 0 spiro atoms. The van der Waals surface area contributed by atoms with Gasteiger partial charge in [-0.2, -0.15) is 0 Å². The van der Waals surface area contributed by atoms with Crippen molar-refractivity contribution in [1.29, 1.82) is 0 Å². The lowest BCUT2D eigenvalue weighted by Crippen LogP contribution is -2.47. The zero-order valence-electron chi connectivity index (χ0n) is 9.19. The number of hydrogen-bond donors (Lipinski definition) is 1. The predicted molar refractivity (Wildman–Crippen MR) is 59.4 cm³/mol. The monoisotopic (exact) mass is 207 g/mol. The molecule has 0 fully saturated rings. The van der Waals surface area contributed by atoms with Crippen molar-refractivity contribution < 1.29 is 9.53 Å². The Morgan fingerprint density at radius 2 is 2.00 bits per heavy atom. The first-order valence-electron chi connectivity index (χ1n) is 5.03. The molecule has 0 radical (unpaired) electrons. The van der Waals surface area contributed by atoms with Crippen molar-refractivity contribution in [1.82, 2.24) is 0 Å². The van der Waals surface area contributed by atoms with E-state index in [9.17, 15) is 4.79 Å². The molecular formula is C12H17NO2. The van der Waals surface area contributed by atoms with Crippen LogP contribution in [0.4, 0.5) is 0 Å². The molecule has 1 aromatic rings. The number of ether oxygens (including phenoxy) is 1. The molecule has 1 atom stereocenters. The van der Waals surface area contributed by atoms with Gasteiger partial charge in [0.25, 0.3) is 0 Å². The van der Waals surface area contributed by atoms with Crippen LogP contribution in [0.1, 0.15) is 18.9 Å². The Kier molecular flexibility index (Phi) is 3.86. The van der Waals surface area contributed by atoms with Crippen molar-refractivity contribution in [3.8, 4) is 0 Å². The molecule has 0 saturated heterocycles. The van der Waals surface area contributed by atoms with Gasteiger partial charge in [0.1, 0.15) is 5.60 Å². The van der Waals surface area contributed by atoms with E-state index in [4.69, 9.17) is 10.5 Å². The molecule has 82 valence electrons. The minimum atomic E-state index is -0.874. The van der Waals surface area contributed by atoms with Crippen molar-refractivity contribution in [2.75, 3.05) is 7.11 Å². The predicted octanol–water partition coefficient (Wildman–Crippen LogP) is 1.51. The van der Waals surface area contributed by atoms with Crippen LogP contribution < -0.4 is 5.73 Å². The molecule has 1 aromatic carbocycles. The molecule has 0 heterocycles. The fourth-order valence-electron chi connectivity index (χ4n) is 1.63. The zero-order chi connectivity index (χ0) is 11.3. The molecule has 0 bridgehead atoms. The van der Waals surface area contributed by atoms with Gasteiger partial charge in [-0.15, -0.1) is 0 Å². The molecule has 2 N–H and O–H groups in total. The fourth-order valence-corrected chi connectivity index (χ4v) is 1.63. The van der Waals surface area contributed by atoms with Gasteiger partial charge in [0, 0.05) is 13.5 Å². The van der Waals surface area contributed by atoms with Gasteiger partial charge in [-0.25, -0.2) is 0 Å². The largest absolute Gasteiger partial charge is 0.368 e. The Balaban J connectivity index is 2.89. The van der Waals surface area contributed by atoms with Gasteiger partial charge in [0.2, 0.25) is 5.91 Å². The second-order valence-corrected chi connectivity index (χ2v) is 3.58. The quantitative estimate of drug-likeness (QED) is 0.795. The Hall–Kier alpha value is -1.35. The van der Waals surface area contributed by atoms with E-state index < -0.39 is 11.5 Å². The number of nitrogens with two attached hydrogens (primary N) is 1. The number of carbonyl (C=O) groups is 1. The van der Waals surface area contributed by atoms with Crippen molar-refractivity contribution in [2.45, 2.75) is 25.4 Å². The molecule has 1 amide bonds. The number of rotatable bonds is 5. The number of methoxy groups -OCH3 is 1. The first-order valence-corrected chi connectivity index (χ1v) is 5.03. The highest BCUT2D eigenvalue weighted by Gasteiger charge is 2.34. The smallest absolute Gasteiger partial charge is 0.249 e. The average Bonchev–Trinajstić information content (AvgIpc) is 2.27. The van der Waals surface area contributed by atoms with E-state index in [0.717, 1.165) is 5.56 Å². The van der Waals surface area contributed by atoms with Gasteiger partial charge < -0.3 is 10.5 Å². The molecule has 0 saturated carbocycles. The van der Waals surface area contributed by atoms with Gasteiger partial charge in [0.15, 0.2) is 0 Å². The second kappa shape index (κ2) is 4.94. The number of carbonyl (C=O) groups excluding carboxylic acids is 1. The highest BCUT2D eigenvalue weighted by Crippen LogP contribution is 2.20. The Morgan fingerprint density at radius 3 is 2.40 bits per heavy atom. The van der Waals surface area contributed by atoms with Gasteiger partial charge in [0.05, 0.1) is 0 Å². The first kappa shape index (κ1) is 11.7. The van der Waals surface area contributed by atoms with Crippen LogP contribution in [-0.4, -0.2) is 18.6 Å². The normalized spacial score (nSPS) is 14.5. The number of primary amides is 1. The molecular weight excluding hydrogens is 190 g/mol. The summed E-state index contributed by atoms with van der Waals surface area (Å²) in [5.74, 6) is -0.406. The number of amides is 1. The standard InChI is InChI=1S/C12H17NO2/c1-3-12(15-2,11(13)14)9-10-7-5-4-6-8-10/h4-8H,3,9H2,1-2H3,(H2,13,14). The van der Waals surface area contributed by atoms with E-state index in [-0.39, 0.29) is 0 Å². The molecule has 0 aliphatic carbocycles. The zero-order valence-corrected chi connectivity index (χ0v) is 9.19. The molecule has 15 heavy (non-hydrogen) atoms. The maximum atomic E-state index is 11.4. The molecule has 0 aliphatic heterocycles. The third kappa shape index (κ3) is 2.57. The molecule has 1 unspecified atom stereocenters. The summed E-state index contributed by atoms with van der Waals surface area (Å²) in [7, 11) is 1.52. The molecule has 0 aliphatic rings. The minimum absolute atomic E-state index is 0.406. The van der Waals surface area contributed by atoms with Crippen molar-refractivity contribution in [3.05, 3.63) is 35.9 Å². The summed E-state index contributed by atoms with van der Waals surface area (Å²) < 4.78 is 5.28. The first-order chi connectivity index (χ1) is 7.14. The highest BCUT2D eigenvalue weighted by molar-refractivity contribution is 5.83. The molecule has 1 rings (SSSR count). The lowest BCUT2D eigenvalue weighted by Gasteiger charge is -2.27. The van der Waals surface area contributed by atoms with Crippen LogP contribution in [0, 0.1) is 0 Å². The Labute approximate surface area is 90.2 Å². The molecule has 3 nitrogen and oxygen atoms in total. The van der Waals surface area contributed by atoms with Crippen LogP contribution in [0.25, 0.3) is 0 Å². The van der Waals surface area contributed by atoms with Gasteiger partial charge in [-0.05, 0) is 12.0 Å².